The van der Waals surface area contributed by atoms with E-state index >= 15 is 0 Å². The Morgan fingerprint density at radius 1 is 1.11 bits per heavy atom. The molecular formula is C16H21NO. The van der Waals surface area contributed by atoms with Crippen LogP contribution >= 0.6 is 0 Å². The monoisotopic (exact) mass is 243 g/mol. The standard InChI is InChI=1S/C16H21NO/c1-10-7-8-12(9-11(10)2)17-16(18)15-13-5-3-4-6-14(13)15/h7-9,13-15H,3-6H2,1-2H3,(H,17,18). The molecule has 2 atom stereocenters. The Balaban J connectivity index is 1.66. The predicted octanol–water partition coefficient (Wildman–Crippen LogP) is 3.68. The number of amides is 1. The van der Waals surface area contributed by atoms with Crippen LogP contribution in [0.25, 0.3) is 0 Å². The number of nitrogens with one attached hydrogen (secondary N) is 1. The van der Waals surface area contributed by atoms with Gasteiger partial charge in [0, 0.05) is 11.6 Å². The molecule has 0 saturated heterocycles. The third-order valence-electron chi connectivity index (χ3n) is 4.73. The van der Waals surface area contributed by atoms with E-state index < -0.39 is 0 Å². The summed E-state index contributed by atoms with van der Waals surface area (Å²) in [5.41, 5.74) is 3.46. The van der Waals surface area contributed by atoms with Gasteiger partial charge >= 0.3 is 0 Å². The second-order valence-corrected chi connectivity index (χ2v) is 5.93. The van der Waals surface area contributed by atoms with E-state index in [-0.39, 0.29) is 5.91 Å². The van der Waals surface area contributed by atoms with Gasteiger partial charge in [-0.05, 0) is 61.8 Å². The van der Waals surface area contributed by atoms with Crippen molar-refractivity contribution in [3.8, 4) is 0 Å². The van der Waals surface area contributed by atoms with Crippen LogP contribution in [0.5, 0.6) is 0 Å². The molecule has 1 amide bonds. The first kappa shape index (κ1) is 11.8. The normalized spacial score (nSPS) is 29.6. The van der Waals surface area contributed by atoms with Gasteiger partial charge in [-0.2, -0.15) is 0 Å². The Kier molecular flexibility index (Phi) is 2.89. The number of benzene rings is 1. The Morgan fingerprint density at radius 2 is 1.78 bits per heavy atom. The lowest BCUT2D eigenvalue weighted by molar-refractivity contribution is -0.117. The Labute approximate surface area is 109 Å². The maximum absolute atomic E-state index is 12.2. The van der Waals surface area contributed by atoms with Gasteiger partial charge in [0.1, 0.15) is 0 Å². The van der Waals surface area contributed by atoms with Gasteiger partial charge < -0.3 is 5.32 Å². The van der Waals surface area contributed by atoms with Gasteiger partial charge in [-0.1, -0.05) is 18.9 Å². The lowest BCUT2D eigenvalue weighted by atomic mass is 10.0. The summed E-state index contributed by atoms with van der Waals surface area (Å²) in [6, 6.07) is 6.15. The summed E-state index contributed by atoms with van der Waals surface area (Å²) >= 11 is 0. The molecule has 2 nitrogen and oxygen atoms in total. The average Bonchev–Trinajstić information content (AvgIpc) is 3.08. The van der Waals surface area contributed by atoms with Crippen molar-refractivity contribution in [1.82, 2.24) is 0 Å². The highest BCUT2D eigenvalue weighted by atomic mass is 16.2. The van der Waals surface area contributed by atoms with Gasteiger partial charge in [-0.25, -0.2) is 0 Å². The number of carbonyl (C=O) groups is 1. The van der Waals surface area contributed by atoms with Crippen LogP contribution in [0.4, 0.5) is 5.69 Å². The highest BCUT2D eigenvalue weighted by molar-refractivity contribution is 5.95. The molecule has 2 saturated carbocycles. The number of rotatable bonds is 2. The Bertz CT molecular complexity index is 468. The fraction of sp³-hybridized carbons (Fsp3) is 0.562. The first-order valence-electron chi connectivity index (χ1n) is 7.05. The molecule has 2 aliphatic rings. The summed E-state index contributed by atoms with van der Waals surface area (Å²) in [6.45, 7) is 4.18. The van der Waals surface area contributed by atoms with Crippen LogP contribution in [0.15, 0.2) is 18.2 Å². The number of hydrogen-bond acceptors (Lipinski definition) is 1. The quantitative estimate of drug-likeness (QED) is 0.843. The van der Waals surface area contributed by atoms with Crippen molar-refractivity contribution in [3.05, 3.63) is 29.3 Å². The molecule has 2 unspecified atom stereocenters. The van der Waals surface area contributed by atoms with E-state index in [1.807, 2.05) is 6.07 Å². The van der Waals surface area contributed by atoms with Crippen LogP contribution < -0.4 is 5.32 Å². The van der Waals surface area contributed by atoms with Gasteiger partial charge in [0.2, 0.25) is 5.91 Å². The van der Waals surface area contributed by atoms with Crippen molar-refractivity contribution in [3.63, 3.8) is 0 Å². The predicted molar refractivity (Wildman–Crippen MR) is 73.5 cm³/mol. The first-order chi connectivity index (χ1) is 8.66. The SMILES string of the molecule is Cc1ccc(NC(=O)C2C3CCCCC32)cc1C. The van der Waals surface area contributed by atoms with Gasteiger partial charge in [0.15, 0.2) is 0 Å². The van der Waals surface area contributed by atoms with Crippen LogP contribution in [0.3, 0.4) is 0 Å². The van der Waals surface area contributed by atoms with E-state index in [0.29, 0.717) is 17.8 Å². The number of anilines is 1. The highest BCUT2D eigenvalue weighted by Crippen LogP contribution is 2.55. The smallest absolute Gasteiger partial charge is 0.228 e. The van der Waals surface area contributed by atoms with Gasteiger partial charge in [0.05, 0.1) is 0 Å². The lowest BCUT2D eigenvalue weighted by Crippen LogP contribution is -2.15. The summed E-state index contributed by atoms with van der Waals surface area (Å²) in [7, 11) is 0. The van der Waals surface area contributed by atoms with E-state index in [2.05, 4.69) is 31.3 Å². The largest absolute Gasteiger partial charge is 0.326 e. The van der Waals surface area contributed by atoms with Crippen LogP contribution in [0.2, 0.25) is 0 Å². The van der Waals surface area contributed by atoms with E-state index in [9.17, 15) is 4.79 Å². The highest BCUT2D eigenvalue weighted by Gasteiger charge is 2.54. The average molecular weight is 243 g/mol. The summed E-state index contributed by atoms with van der Waals surface area (Å²) in [4.78, 5) is 12.2. The molecule has 1 aromatic rings. The molecule has 2 heteroatoms. The summed E-state index contributed by atoms with van der Waals surface area (Å²) in [5, 5.41) is 3.09. The third kappa shape index (κ3) is 2.05. The molecule has 2 aliphatic carbocycles. The fourth-order valence-electron chi connectivity index (χ4n) is 3.43. The topological polar surface area (TPSA) is 29.1 Å². The van der Waals surface area contributed by atoms with E-state index in [1.165, 1.54) is 36.8 Å². The van der Waals surface area contributed by atoms with Crippen LogP contribution in [-0.4, -0.2) is 5.91 Å². The lowest BCUT2D eigenvalue weighted by Gasteiger charge is -2.07. The molecule has 0 bridgehead atoms. The zero-order chi connectivity index (χ0) is 12.7. The minimum absolute atomic E-state index is 0.246. The second kappa shape index (κ2) is 4.42. The molecule has 3 rings (SSSR count). The zero-order valence-electron chi connectivity index (χ0n) is 11.2. The number of hydrogen-bond donors (Lipinski definition) is 1. The number of aryl methyl sites for hydroxylation is 2. The molecule has 0 radical (unpaired) electrons. The summed E-state index contributed by atoms with van der Waals surface area (Å²) in [6.07, 6.45) is 5.15. The van der Waals surface area contributed by atoms with Gasteiger partial charge in [0.25, 0.3) is 0 Å². The summed E-state index contributed by atoms with van der Waals surface area (Å²) in [5.74, 6) is 1.92. The van der Waals surface area contributed by atoms with Crippen LogP contribution in [0, 0.1) is 31.6 Å². The molecule has 18 heavy (non-hydrogen) atoms. The second-order valence-electron chi connectivity index (χ2n) is 5.93. The molecule has 0 heterocycles. The van der Waals surface area contributed by atoms with Crippen LogP contribution in [0.1, 0.15) is 36.8 Å². The van der Waals surface area contributed by atoms with Crippen LogP contribution in [-0.2, 0) is 4.79 Å². The minimum Gasteiger partial charge on any atom is -0.326 e. The Hall–Kier alpha value is -1.31. The minimum atomic E-state index is 0.246. The molecule has 1 N–H and O–H groups in total. The number of carbonyl (C=O) groups excluding carboxylic acids is 1. The van der Waals surface area contributed by atoms with Gasteiger partial charge in [-0.3, -0.25) is 4.79 Å². The third-order valence-corrected chi connectivity index (χ3v) is 4.73. The van der Waals surface area contributed by atoms with E-state index in [1.54, 1.807) is 0 Å². The van der Waals surface area contributed by atoms with Crippen molar-refractivity contribution in [1.29, 1.82) is 0 Å². The maximum Gasteiger partial charge on any atom is 0.228 e. The van der Waals surface area contributed by atoms with Crippen molar-refractivity contribution in [2.45, 2.75) is 39.5 Å². The molecule has 0 aliphatic heterocycles. The molecule has 2 fully saturated rings. The molecule has 1 aromatic carbocycles. The van der Waals surface area contributed by atoms with Crippen molar-refractivity contribution in [2.24, 2.45) is 17.8 Å². The number of fused-ring (bicyclic) bond motifs is 1. The Morgan fingerprint density at radius 3 is 2.39 bits per heavy atom. The van der Waals surface area contributed by atoms with E-state index in [0.717, 1.165) is 5.69 Å². The molecule has 0 spiro atoms. The molecular weight excluding hydrogens is 222 g/mol. The molecule has 96 valence electrons. The van der Waals surface area contributed by atoms with Crippen molar-refractivity contribution < 1.29 is 4.79 Å². The van der Waals surface area contributed by atoms with Gasteiger partial charge in [-0.15, -0.1) is 0 Å². The zero-order valence-corrected chi connectivity index (χ0v) is 11.2. The first-order valence-corrected chi connectivity index (χ1v) is 7.05. The van der Waals surface area contributed by atoms with Crippen molar-refractivity contribution >= 4 is 11.6 Å². The summed E-state index contributed by atoms with van der Waals surface area (Å²) < 4.78 is 0. The maximum atomic E-state index is 12.2. The fourth-order valence-corrected chi connectivity index (χ4v) is 3.43. The van der Waals surface area contributed by atoms with Crippen molar-refractivity contribution in [2.75, 3.05) is 5.32 Å². The molecule has 0 aromatic heterocycles. The van der Waals surface area contributed by atoms with E-state index in [4.69, 9.17) is 0 Å².